The fourth-order valence-electron chi connectivity index (χ4n) is 1.65. The van der Waals surface area contributed by atoms with Gasteiger partial charge in [-0.1, -0.05) is 12.1 Å². The first kappa shape index (κ1) is 17.9. The summed E-state index contributed by atoms with van der Waals surface area (Å²) in [7, 11) is 1.63. The molecule has 0 saturated heterocycles. The first-order chi connectivity index (χ1) is 9.65. The standard InChI is InChI=1S/C15H22F3NO2/c1-14(2,20-3)8-9-21-10-13(19)11-4-6-12(7-5-11)15(16,17)18/h4-7,13H,8-10,19H2,1-3H3. The van der Waals surface area contributed by atoms with E-state index in [1.165, 1.54) is 12.1 Å². The molecule has 6 heteroatoms. The average molecular weight is 305 g/mol. The van der Waals surface area contributed by atoms with E-state index in [1.807, 2.05) is 13.8 Å². The zero-order chi connectivity index (χ0) is 16.1. The highest BCUT2D eigenvalue weighted by atomic mass is 19.4. The van der Waals surface area contributed by atoms with Gasteiger partial charge >= 0.3 is 6.18 Å². The van der Waals surface area contributed by atoms with Crippen LogP contribution in [-0.4, -0.2) is 25.9 Å². The summed E-state index contributed by atoms with van der Waals surface area (Å²) in [5.41, 5.74) is 5.57. The average Bonchev–Trinajstić information content (AvgIpc) is 2.42. The third-order valence-corrected chi connectivity index (χ3v) is 3.36. The van der Waals surface area contributed by atoms with Gasteiger partial charge in [0, 0.05) is 13.7 Å². The number of alkyl halides is 3. The lowest BCUT2D eigenvalue weighted by Gasteiger charge is -2.23. The van der Waals surface area contributed by atoms with Crippen molar-refractivity contribution >= 4 is 0 Å². The number of nitrogens with two attached hydrogens (primary N) is 1. The molecule has 0 heterocycles. The Morgan fingerprint density at radius 3 is 2.19 bits per heavy atom. The van der Waals surface area contributed by atoms with E-state index in [2.05, 4.69) is 0 Å². The molecule has 1 unspecified atom stereocenters. The molecule has 120 valence electrons. The van der Waals surface area contributed by atoms with Crippen molar-refractivity contribution in [3.05, 3.63) is 35.4 Å². The number of ether oxygens (including phenoxy) is 2. The zero-order valence-electron chi connectivity index (χ0n) is 12.5. The maximum absolute atomic E-state index is 12.4. The van der Waals surface area contributed by atoms with Crippen LogP contribution in [0.15, 0.2) is 24.3 Å². The van der Waals surface area contributed by atoms with Gasteiger partial charge < -0.3 is 15.2 Å². The van der Waals surface area contributed by atoms with Crippen LogP contribution in [0.5, 0.6) is 0 Å². The van der Waals surface area contributed by atoms with Crippen LogP contribution in [0.2, 0.25) is 0 Å². The summed E-state index contributed by atoms with van der Waals surface area (Å²) in [6.45, 7) is 4.64. The maximum Gasteiger partial charge on any atom is 0.416 e. The molecular weight excluding hydrogens is 283 g/mol. The van der Waals surface area contributed by atoms with E-state index < -0.39 is 17.8 Å². The molecule has 0 aliphatic carbocycles. The second-order valence-corrected chi connectivity index (χ2v) is 5.51. The molecule has 0 aromatic heterocycles. The van der Waals surface area contributed by atoms with Gasteiger partial charge in [0.25, 0.3) is 0 Å². The number of benzene rings is 1. The Balaban J connectivity index is 2.44. The van der Waals surface area contributed by atoms with Gasteiger partial charge in [0.15, 0.2) is 0 Å². The number of halogens is 3. The van der Waals surface area contributed by atoms with Crippen molar-refractivity contribution < 1.29 is 22.6 Å². The summed E-state index contributed by atoms with van der Waals surface area (Å²) in [6.07, 6.45) is -3.62. The van der Waals surface area contributed by atoms with E-state index in [4.69, 9.17) is 15.2 Å². The normalized spacial score (nSPS) is 14.2. The fraction of sp³-hybridized carbons (Fsp3) is 0.600. The monoisotopic (exact) mass is 305 g/mol. The molecular formula is C15H22F3NO2. The molecule has 0 aliphatic rings. The van der Waals surface area contributed by atoms with Crippen molar-refractivity contribution in [1.29, 1.82) is 0 Å². The van der Waals surface area contributed by atoms with Gasteiger partial charge in [-0.05, 0) is 38.0 Å². The Hall–Kier alpha value is -1.11. The van der Waals surface area contributed by atoms with Crippen molar-refractivity contribution in [2.75, 3.05) is 20.3 Å². The molecule has 1 atom stereocenters. The number of rotatable bonds is 7. The van der Waals surface area contributed by atoms with Gasteiger partial charge in [0.05, 0.1) is 23.8 Å². The predicted molar refractivity (Wildman–Crippen MR) is 74.9 cm³/mol. The third-order valence-electron chi connectivity index (χ3n) is 3.36. The molecule has 0 saturated carbocycles. The van der Waals surface area contributed by atoms with Crippen LogP contribution >= 0.6 is 0 Å². The smallest absolute Gasteiger partial charge is 0.379 e. The van der Waals surface area contributed by atoms with E-state index in [9.17, 15) is 13.2 Å². The summed E-state index contributed by atoms with van der Waals surface area (Å²) in [6, 6.07) is 4.39. The molecule has 0 bridgehead atoms. The Morgan fingerprint density at radius 2 is 1.71 bits per heavy atom. The Kier molecular flexibility index (Phi) is 6.19. The molecule has 0 fully saturated rings. The highest BCUT2D eigenvalue weighted by molar-refractivity contribution is 5.26. The van der Waals surface area contributed by atoms with Crippen LogP contribution < -0.4 is 5.73 Å². The van der Waals surface area contributed by atoms with Crippen molar-refractivity contribution in [2.45, 2.75) is 38.1 Å². The Labute approximate surface area is 123 Å². The lowest BCUT2D eigenvalue weighted by atomic mass is 10.1. The fourth-order valence-corrected chi connectivity index (χ4v) is 1.65. The minimum atomic E-state index is -4.33. The molecule has 0 radical (unpaired) electrons. The molecule has 1 rings (SSSR count). The summed E-state index contributed by atoms with van der Waals surface area (Å²) >= 11 is 0. The van der Waals surface area contributed by atoms with E-state index >= 15 is 0 Å². The minimum absolute atomic E-state index is 0.255. The van der Waals surface area contributed by atoms with Crippen LogP contribution in [-0.2, 0) is 15.7 Å². The lowest BCUT2D eigenvalue weighted by Crippen LogP contribution is -2.25. The van der Waals surface area contributed by atoms with Gasteiger partial charge in [-0.25, -0.2) is 0 Å². The first-order valence-corrected chi connectivity index (χ1v) is 6.71. The largest absolute Gasteiger partial charge is 0.416 e. The predicted octanol–water partition coefficient (Wildman–Crippen LogP) is 3.54. The van der Waals surface area contributed by atoms with Gasteiger partial charge in [0.1, 0.15) is 0 Å². The van der Waals surface area contributed by atoms with E-state index in [1.54, 1.807) is 7.11 Å². The molecule has 1 aromatic carbocycles. The van der Waals surface area contributed by atoms with Crippen molar-refractivity contribution in [2.24, 2.45) is 5.73 Å². The van der Waals surface area contributed by atoms with Crippen LogP contribution in [0.1, 0.15) is 37.4 Å². The molecule has 0 aliphatic heterocycles. The van der Waals surface area contributed by atoms with Gasteiger partial charge in [-0.3, -0.25) is 0 Å². The van der Waals surface area contributed by atoms with Gasteiger partial charge in [-0.2, -0.15) is 13.2 Å². The first-order valence-electron chi connectivity index (χ1n) is 6.71. The SMILES string of the molecule is COC(C)(C)CCOCC(N)c1ccc(C(F)(F)F)cc1. The van der Waals surface area contributed by atoms with Crippen LogP contribution in [0, 0.1) is 0 Å². The van der Waals surface area contributed by atoms with Gasteiger partial charge in [0.2, 0.25) is 0 Å². The van der Waals surface area contributed by atoms with Gasteiger partial charge in [-0.15, -0.1) is 0 Å². The topological polar surface area (TPSA) is 44.5 Å². The van der Waals surface area contributed by atoms with Crippen molar-refractivity contribution in [3.8, 4) is 0 Å². The van der Waals surface area contributed by atoms with Crippen molar-refractivity contribution in [1.82, 2.24) is 0 Å². The van der Waals surface area contributed by atoms with Crippen LogP contribution in [0.3, 0.4) is 0 Å². The minimum Gasteiger partial charge on any atom is -0.379 e. The summed E-state index contributed by atoms with van der Waals surface area (Å²) in [5.74, 6) is 0. The zero-order valence-corrected chi connectivity index (χ0v) is 12.5. The molecule has 3 nitrogen and oxygen atoms in total. The summed E-state index contributed by atoms with van der Waals surface area (Å²) in [4.78, 5) is 0. The lowest BCUT2D eigenvalue weighted by molar-refractivity contribution is -0.137. The second-order valence-electron chi connectivity index (χ2n) is 5.51. The highest BCUT2D eigenvalue weighted by Crippen LogP contribution is 2.29. The molecule has 0 spiro atoms. The number of methoxy groups -OCH3 is 1. The molecule has 21 heavy (non-hydrogen) atoms. The van der Waals surface area contributed by atoms with E-state index in [-0.39, 0.29) is 12.2 Å². The molecule has 2 N–H and O–H groups in total. The van der Waals surface area contributed by atoms with Crippen LogP contribution in [0.4, 0.5) is 13.2 Å². The Bertz CT molecular complexity index is 430. The molecule has 0 amide bonds. The quantitative estimate of drug-likeness (QED) is 0.784. The Morgan fingerprint density at radius 1 is 1.14 bits per heavy atom. The molecule has 1 aromatic rings. The third kappa shape index (κ3) is 6.03. The number of hydrogen-bond acceptors (Lipinski definition) is 3. The highest BCUT2D eigenvalue weighted by Gasteiger charge is 2.30. The number of hydrogen-bond donors (Lipinski definition) is 1. The van der Waals surface area contributed by atoms with E-state index in [0.29, 0.717) is 18.6 Å². The van der Waals surface area contributed by atoms with Crippen LogP contribution in [0.25, 0.3) is 0 Å². The van der Waals surface area contributed by atoms with Crippen molar-refractivity contribution in [3.63, 3.8) is 0 Å². The maximum atomic E-state index is 12.4. The van der Waals surface area contributed by atoms with E-state index in [0.717, 1.165) is 12.1 Å². The second kappa shape index (κ2) is 7.24. The summed E-state index contributed by atoms with van der Waals surface area (Å²) < 4.78 is 48.1. The summed E-state index contributed by atoms with van der Waals surface area (Å²) in [5, 5.41) is 0.